The molecule has 15 heavy (non-hydrogen) atoms. The van der Waals surface area contributed by atoms with Crippen molar-refractivity contribution < 1.29 is 0 Å². The van der Waals surface area contributed by atoms with Gasteiger partial charge in [0.15, 0.2) is 5.65 Å². The van der Waals surface area contributed by atoms with Crippen LogP contribution in [0, 0.1) is 13.8 Å². The average molecular weight is 203 g/mol. The van der Waals surface area contributed by atoms with Crippen molar-refractivity contribution in [3.8, 4) is 0 Å². The highest BCUT2D eigenvalue weighted by Gasteiger charge is 2.10. The smallest absolute Gasteiger partial charge is 0.160 e. The molecule has 2 heterocycles. The van der Waals surface area contributed by atoms with Crippen LogP contribution in [0.1, 0.15) is 30.4 Å². The van der Waals surface area contributed by atoms with Crippen LogP contribution in [-0.2, 0) is 13.5 Å². The van der Waals surface area contributed by atoms with Crippen LogP contribution in [-0.4, -0.2) is 14.5 Å². The van der Waals surface area contributed by atoms with Crippen LogP contribution in [0.2, 0.25) is 0 Å². The average Bonchev–Trinajstić information content (AvgIpc) is 2.47. The van der Waals surface area contributed by atoms with Crippen LogP contribution >= 0.6 is 0 Å². The fourth-order valence-corrected chi connectivity index (χ4v) is 1.96. The summed E-state index contributed by atoms with van der Waals surface area (Å²) in [5, 5.41) is 0. The van der Waals surface area contributed by atoms with Gasteiger partial charge in [-0.3, -0.25) is 0 Å². The lowest BCUT2D eigenvalue weighted by Crippen LogP contribution is -1.98. The number of hydrogen-bond donors (Lipinski definition) is 0. The molecule has 2 aromatic rings. The van der Waals surface area contributed by atoms with Gasteiger partial charge in [0.2, 0.25) is 0 Å². The van der Waals surface area contributed by atoms with Crippen molar-refractivity contribution in [1.29, 1.82) is 0 Å². The summed E-state index contributed by atoms with van der Waals surface area (Å²) < 4.78 is 2.11. The minimum absolute atomic E-state index is 1.01. The van der Waals surface area contributed by atoms with Gasteiger partial charge in [-0.15, -0.1) is 0 Å². The fourth-order valence-electron chi connectivity index (χ4n) is 1.96. The van der Waals surface area contributed by atoms with Gasteiger partial charge in [-0.25, -0.2) is 9.97 Å². The van der Waals surface area contributed by atoms with E-state index in [1.165, 1.54) is 5.56 Å². The second-order valence-corrected chi connectivity index (χ2v) is 4.09. The number of rotatable bonds is 2. The number of imidazole rings is 1. The van der Waals surface area contributed by atoms with Crippen LogP contribution in [0.3, 0.4) is 0 Å². The first-order chi connectivity index (χ1) is 7.13. The van der Waals surface area contributed by atoms with Crippen molar-refractivity contribution in [2.75, 3.05) is 0 Å². The zero-order valence-corrected chi connectivity index (χ0v) is 9.83. The van der Waals surface area contributed by atoms with Gasteiger partial charge in [0, 0.05) is 19.2 Å². The van der Waals surface area contributed by atoms with Crippen molar-refractivity contribution in [3.05, 3.63) is 23.1 Å². The Morgan fingerprint density at radius 3 is 2.67 bits per heavy atom. The van der Waals surface area contributed by atoms with Gasteiger partial charge < -0.3 is 4.57 Å². The summed E-state index contributed by atoms with van der Waals surface area (Å²) in [5.74, 6) is 1.13. The molecule has 0 unspecified atom stereocenters. The van der Waals surface area contributed by atoms with E-state index in [4.69, 9.17) is 0 Å². The molecule has 3 heteroatoms. The molecular formula is C12H17N3. The van der Waals surface area contributed by atoms with Gasteiger partial charge in [0.05, 0.1) is 0 Å². The maximum Gasteiger partial charge on any atom is 0.160 e. The molecule has 0 bridgehead atoms. The van der Waals surface area contributed by atoms with Crippen LogP contribution in [0.4, 0.5) is 0 Å². The van der Waals surface area contributed by atoms with E-state index in [1.54, 1.807) is 0 Å². The van der Waals surface area contributed by atoms with E-state index >= 15 is 0 Å². The number of hydrogen-bond acceptors (Lipinski definition) is 2. The van der Waals surface area contributed by atoms with Gasteiger partial charge in [-0.05, 0) is 31.9 Å². The Labute approximate surface area is 90.2 Å². The SMILES string of the molecule is CCCc1nc2c(C)cc(C)nc2n1C. The summed E-state index contributed by atoms with van der Waals surface area (Å²) in [7, 11) is 2.05. The topological polar surface area (TPSA) is 30.7 Å². The largest absolute Gasteiger partial charge is 0.316 e. The normalized spacial score (nSPS) is 11.2. The molecule has 0 N–H and O–H groups in total. The molecule has 0 atom stereocenters. The van der Waals surface area contributed by atoms with E-state index in [2.05, 4.69) is 34.4 Å². The monoisotopic (exact) mass is 203 g/mol. The number of nitrogens with zero attached hydrogens (tertiary/aromatic N) is 3. The van der Waals surface area contributed by atoms with Gasteiger partial charge in [0.25, 0.3) is 0 Å². The molecule has 0 aromatic carbocycles. The summed E-state index contributed by atoms with van der Waals surface area (Å²) in [5.41, 5.74) is 4.34. The Hall–Kier alpha value is -1.38. The Morgan fingerprint density at radius 2 is 2.00 bits per heavy atom. The summed E-state index contributed by atoms with van der Waals surface area (Å²) in [6.45, 7) is 6.30. The third kappa shape index (κ3) is 1.62. The summed E-state index contributed by atoms with van der Waals surface area (Å²) in [6, 6.07) is 2.09. The van der Waals surface area contributed by atoms with E-state index < -0.39 is 0 Å². The van der Waals surface area contributed by atoms with Crippen molar-refractivity contribution in [2.45, 2.75) is 33.6 Å². The first-order valence-corrected chi connectivity index (χ1v) is 5.43. The summed E-state index contributed by atoms with van der Waals surface area (Å²) in [6.07, 6.45) is 2.14. The van der Waals surface area contributed by atoms with Crippen LogP contribution < -0.4 is 0 Å². The van der Waals surface area contributed by atoms with E-state index in [-0.39, 0.29) is 0 Å². The Morgan fingerprint density at radius 1 is 1.27 bits per heavy atom. The molecule has 2 rings (SSSR count). The lowest BCUT2D eigenvalue weighted by molar-refractivity contribution is 0.768. The number of aromatic nitrogens is 3. The molecule has 0 spiro atoms. The molecule has 0 amide bonds. The van der Waals surface area contributed by atoms with Gasteiger partial charge >= 0.3 is 0 Å². The standard InChI is InChI=1S/C12H17N3/c1-5-6-10-14-11-8(2)7-9(3)13-12(11)15(10)4/h7H,5-6H2,1-4H3. The fraction of sp³-hybridized carbons (Fsp3) is 0.500. The molecule has 0 aliphatic heterocycles. The van der Waals surface area contributed by atoms with Crippen LogP contribution in [0.5, 0.6) is 0 Å². The summed E-state index contributed by atoms with van der Waals surface area (Å²) in [4.78, 5) is 9.18. The second kappa shape index (κ2) is 3.65. The van der Waals surface area contributed by atoms with E-state index in [0.717, 1.165) is 35.5 Å². The van der Waals surface area contributed by atoms with E-state index in [9.17, 15) is 0 Å². The number of fused-ring (bicyclic) bond motifs is 1. The molecule has 0 aliphatic rings. The maximum atomic E-state index is 4.64. The van der Waals surface area contributed by atoms with E-state index in [0.29, 0.717) is 0 Å². The second-order valence-electron chi connectivity index (χ2n) is 4.09. The first-order valence-electron chi connectivity index (χ1n) is 5.43. The highest BCUT2D eigenvalue weighted by Crippen LogP contribution is 2.18. The third-order valence-corrected chi connectivity index (χ3v) is 2.71. The molecule has 0 fully saturated rings. The van der Waals surface area contributed by atoms with Crippen molar-refractivity contribution in [1.82, 2.24) is 14.5 Å². The Balaban J connectivity index is 2.70. The maximum absolute atomic E-state index is 4.64. The predicted molar refractivity (Wildman–Crippen MR) is 62.0 cm³/mol. The van der Waals surface area contributed by atoms with Gasteiger partial charge in [-0.1, -0.05) is 6.92 Å². The van der Waals surface area contributed by atoms with Crippen molar-refractivity contribution in [3.63, 3.8) is 0 Å². The zero-order valence-electron chi connectivity index (χ0n) is 9.83. The molecule has 0 saturated carbocycles. The molecular weight excluding hydrogens is 186 g/mol. The lowest BCUT2D eigenvalue weighted by atomic mass is 10.2. The minimum Gasteiger partial charge on any atom is -0.316 e. The molecule has 0 radical (unpaired) electrons. The highest BCUT2D eigenvalue weighted by molar-refractivity contribution is 5.75. The number of pyridine rings is 1. The predicted octanol–water partition coefficient (Wildman–Crippen LogP) is 2.54. The zero-order chi connectivity index (χ0) is 11.0. The van der Waals surface area contributed by atoms with Crippen LogP contribution in [0.15, 0.2) is 6.07 Å². The lowest BCUT2D eigenvalue weighted by Gasteiger charge is -2.00. The third-order valence-electron chi connectivity index (χ3n) is 2.71. The first kappa shape index (κ1) is 10.1. The van der Waals surface area contributed by atoms with Crippen LogP contribution in [0.25, 0.3) is 11.2 Å². The highest BCUT2D eigenvalue weighted by atomic mass is 15.1. The molecule has 80 valence electrons. The Bertz CT molecular complexity index is 497. The molecule has 0 saturated heterocycles. The molecule has 3 nitrogen and oxygen atoms in total. The molecule has 0 aliphatic carbocycles. The molecule has 2 aromatic heterocycles. The summed E-state index contributed by atoms with van der Waals surface area (Å²) >= 11 is 0. The number of aryl methyl sites for hydroxylation is 4. The van der Waals surface area contributed by atoms with Crippen molar-refractivity contribution in [2.24, 2.45) is 7.05 Å². The van der Waals surface area contributed by atoms with Crippen molar-refractivity contribution >= 4 is 11.2 Å². The minimum atomic E-state index is 1.01. The Kier molecular flexibility index (Phi) is 2.47. The quantitative estimate of drug-likeness (QED) is 0.751. The van der Waals surface area contributed by atoms with Gasteiger partial charge in [-0.2, -0.15) is 0 Å². The van der Waals surface area contributed by atoms with E-state index in [1.807, 2.05) is 14.0 Å². The van der Waals surface area contributed by atoms with Gasteiger partial charge in [0.1, 0.15) is 11.3 Å².